The van der Waals surface area contributed by atoms with E-state index < -0.39 is 0 Å². The molecule has 0 bridgehead atoms. The third kappa shape index (κ3) is 2.60. The van der Waals surface area contributed by atoms with Crippen molar-refractivity contribution in [2.75, 3.05) is 37.9 Å². The smallest absolute Gasteiger partial charge is 0.254 e. The molecule has 0 saturated carbocycles. The van der Waals surface area contributed by atoms with Crippen LogP contribution in [0.5, 0.6) is 17.2 Å². The van der Waals surface area contributed by atoms with Gasteiger partial charge < -0.3 is 24.4 Å². The van der Waals surface area contributed by atoms with Crippen molar-refractivity contribution < 1.29 is 19.4 Å². The molecular weight excluding hydrogens is 308 g/mol. The van der Waals surface area contributed by atoms with Gasteiger partial charge in [0.25, 0.3) is 5.91 Å². The molecule has 2 aromatic carbocycles. The molecule has 2 aliphatic heterocycles. The Morgan fingerprint density at radius 3 is 2.50 bits per heavy atom. The summed E-state index contributed by atoms with van der Waals surface area (Å²) >= 11 is 0. The van der Waals surface area contributed by atoms with Gasteiger partial charge in [0, 0.05) is 31.7 Å². The number of anilines is 1. The molecule has 6 nitrogen and oxygen atoms in total. The van der Waals surface area contributed by atoms with Gasteiger partial charge in [-0.05, 0) is 30.3 Å². The number of rotatable bonds is 2. The predicted octanol–water partition coefficient (Wildman–Crippen LogP) is 2.08. The van der Waals surface area contributed by atoms with Crippen LogP contribution < -0.4 is 14.4 Å². The van der Waals surface area contributed by atoms with E-state index in [0.29, 0.717) is 43.2 Å². The first kappa shape index (κ1) is 14.7. The molecule has 0 radical (unpaired) electrons. The highest BCUT2D eigenvalue weighted by molar-refractivity contribution is 5.95. The van der Waals surface area contributed by atoms with Gasteiger partial charge in [0.1, 0.15) is 5.75 Å². The average Bonchev–Trinajstić information content (AvgIpc) is 3.09. The topological polar surface area (TPSA) is 62.2 Å². The molecule has 4 rings (SSSR count). The number of piperazine rings is 1. The van der Waals surface area contributed by atoms with E-state index >= 15 is 0 Å². The number of hydrogen-bond acceptors (Lipinski definition) is 5. The maximum atomic E-state index is 12.7. The lowest BCUT2D eigenvalue weighted by atomic mass is 10.1. The van der Waals surface area contributed by atoms with Crippen molar-refractivity contribution in [1.82, 2.24) is 4.90 Å². The lowest BCUT2D eigenvalue weighted by Gasteiger charge is -2.36. The molecule has 0 unspecified atom stereocenters. The number of hydrogen-bond donors (Lipinski definition) is 1. The lowest BCUT2D eigenvalue weighted by Crippen LogP contribution is -2.48. The molecule has 24 heavy (non-hydrogen) atoms. The number of para-hydroxylation sites is 2. The van der Waals surface area contributed by atoms with Gasteiger partial charge in [0.05, 0.1) is 5.69 Å². The number of amides is 1. The Kier molecular flexibility index (Phi) is 3.65. The van der Waals surface area contributed by atoms with E-state index in [1.165, 1.54) is 0 Å². The van der Waals surface area contributed by atoms with E-state index in [1.54, 1.807) is 30.3 Å². The highest BCUT2D eigenvalue weighted by atomic mass is 16.7. The maximum absolute atomic E-state index is 12.7. The lowest BCUT2D eigenvalue weighted by molar-refractivity contribution is 0.0746. The van der Waals surface area contributed by atoms with Crippen LogP contribution in [0, 0.1) is 0 Å². The van der Waals surface area contributed by atoms with Gasteiger partial charge in [0.2, 0.25) is 6.79 Å². The molecule has 124 valence electrons. The predicted molar refractivity (Wildman–Crippen MR) is 88.8 cm³/mol. The standard InChI is InChI=1S/C18H18N2O4/c21-15-4-2-1-3-14(15)19-7-9-20(10-8-19)18(22)13-5-6-16-17(11-13)24-12-23-16/h1-6,11,21H,7-10,12H2. The number of phenols is 1. The third-order valence-corrected chi connectivity index (χ3v) is 4.41. The normalized spacial score (nSPS) is 16.3. The number of aromatic hydroxyl groups is 1. The van der Waals surface area contributed by atoms with Gasteiger partial charge in [-0.15, -0.1) is 0 Å². The number of phenolic OH excluding ortho intramolecular Hbond substituents is 1. The van der Waals surface area contributed by atoms with Gasteiger partial charge >= 0.3 is 0 Å². The average molecular weight is 326 g/mol. The van der Waals surface area contributed by atoms with Gasteiger partial charge in [0.15, 0.2) is 11.5 Å². The zero-order valence-corrected chi connectivity index (χ0v) is 13.1. The second-order valence-corrected chi connectivity index (χ2v) is 5.84. The van der Waals surface area contributed by atoms with Crippen LogP contribution >= 0.6 is 0 Å². The fourth-order valence-electron chi connectivity index (χ4n) is 3.09. The van der Waals surface area contributed by atoms with E-state index in [9.17, 15) is 9.90 Å². The monoisotopic (exact) mass is 326 g/mol. The quantitative estimate of drug-likeness (QED) is 0.915. The summed E-state index contributed by atoms with van der Waals surface area (Å²) in [6.45, 7) is 2.80. The number of carbonyl (C=O) groups is 1. The summed E-state index contributed by atoms with van der Waals surface area (Å²) < 4.78 is 10.6. The fourth-order valence-corrected chi connectivity index (χ4v) is 3.09. The largest absolute Gasteiger partial charge is 0.506 e. The molecular formula is C18H18N2O4. The molecule has 2 aromatic rings. The van der Waals surface area contributed by atoms with Crippen molar-refractivity contribution in [3.8, 4) is 17.2 Å². The van der Waals surface area contributed by atoms with E-state index in [0.717, 1.165) is 5.69 Å². The minimum absolute atomic E-state index is 0.00904. The molecule has 0 aromatic heterocycles. The summed E-state index contributed by atoms with van der Waals surface area (Å²) in [7, 11) is 0. The number of carbonyl (C=O) groups excluding carboxylic acids is 1. The number of fused-ring (bicyclic) bond motifs is 1. The van der Waals surface area contributed by atoms with Crippen LogP contribution in [-0.4, -0.2) is 48.9 Å². The number of benzene rings is 2. The molecule has 1 fully saturated rings. The third-order valence-electron chi connectivity index (χ3n) is 4.41. The first-order chi connectivity index (χ1) is 11.7. The van der Waals surface area contributed by atoms with E-state index in [1.807, 2.05) is 17.0 Å². The van der Waals surface area contributed by atoms with Gasteiger partial charge in [-0.2, -0.15) is 0 Å². The van der Waals surface area contributed by atoms with Crippen LogP contribution in [0.15, 0.2) is 42.5 Å². The molecule has 1 amide bonds. The number of ether oxygens (including phenoxy) is 2. The summed E-state index contributed by atoms with van der Waals surface area (Å²) in [4.78, 5) is 16.6. The molecule has 0 aliphatic carbocycles. The zero-order valence-electron chi connectivity index (χ0n) is 13.1. The van der Waals surface area contributed by atoms with Crippen LogP contribution in [-0.2, 0) is 0 Å². The Hall–Kier alpha value is -2.89. The molecule has 2 heterocycles. The first-order valence-corrected chi connectivity index (χ1v) is 7.94. The molecule has 2 aliphatic rings. The van der Waals surface area contributed by atoms with Crippen LogP contribution in [0.2, 0.25) is 0 Å². The van der Waals surface area contributed by atoms with Crippen molar-refractivity contribution in [3.63, 3.8) is 0 Å². The highest BCUT2D eigenvalue weighted by Crippen LogP contribution is 2.33. The van der Waals surface area contributed by atoms with Crippen LogP contribution in [0.1, 0.15) is 10.4 Å². The summed E-state index contributed by atoms with van der Waals surface area (Å²) in [6, 6.07) is 12.6. The van der Waals surface area contributed by atoms with Crippen LogP contribution in [0.4, 0.5) is 5.69 Å². The first-order valence-electron chi connectivity index (χ1n) is 7.94. The summed E-state index contributed by atoms with van der Waals surface area (Å²) in [5, 5.41) is 9.96. The minimum atomic E-state index is -0.00904. The zero-order chi connectivity index (χ0) is 16.5. The minimum Gasteiger partial charge on any atom is -0.506 e. The van der Waals surface area contributed by atoms with Gasteiger partial charge in [-0.3, -0.25) is 4.79 Å². The Balaban J connectivity index is 1.44. The van der Waals surface area contributed by atoms with Crippen LogP contribution in [0.3, 0.4) is 0 Å². The SMILES string of the molecule is O=C(c1ccc2c(c1)OCO2)N1CCN(c2ccccc2O)CC1. The van der Waals surface area contributed by atoms with Crippen molar-refractivity contribution in [2.45, 2.75) is 0 Å². The molecule has 1 saturated heterocycles. The number of nitrogens with zero attached hydrogens (tertiary/aromatic N) is 2. The van der Waals surface area contributed by atoms with Gasteiger partial charge in [-0.25, -0.2) is 0 Å². The summed E-state index contributed by atoms with van der Waals surface area (Å²) in [6.07, 6.45) is 0. The Morgan fingerprint density at radius 2 is 1.71 bits per heavy atom. The highest BCUT2D eigenvalue weighted by Gasteiger charge is 2.25. The fraction of sp³-hybridized carbons (Fsp3) is 0.278. The second-order valence-electron chi connectivity index (χ2n) is 5.84. The second kappa shape index (κ2) is 5.96. The van der Waals surface area contributed by atoms with Crippen molar-refractivity contribution >= 4 is 11.6 Å². The van der Waals surface area contributed by atoms with E-state index in [-0.39, 0.29) is 18.4 Å². The van der Waals surface area contributed by atoms with Crippen molar-refractivity contribution in [3.05, 3.63) is 48.0 Å². The molecule has 0 atom stereocenters. The Bertz CT molecular complexity index is 769. The van der Waals surface area contributed by atoms with Crippen molar-refractivity contribution in [2.24, 2.45) is 0 Å². The molecule has 1 N–H and O–H groups in total. The summed E-state index contributed by atoms with van der Waals surface area (Å²) in [5.74, 6) is 1.56. The molecule has 0 spiro atoms. The Labute approximate surface area is 139 Å². The van der Waals surface area contributed by atoms with Gasteiger partial charge in [-0.1, -0.05) is 12.1 Å². The molecule has 6 heteroatoms. The maximum Gasteiger partial charge on any atom is 0.254 e. The van der Waals surface area contributed by atoms with Crippen LogP contribution in [0.25, 0.3) is 0 Å². The van der Waals surface area contributed by atoms with Crippen molar-refractivity contribution in [1.29, 1.82) is 0 Å². The van der Waals surface area contributed by atoms with E-state index in [2.05, 4.69) is 4.90 Å². The summed E-state index contributed by atoms with van der Waals surface area (Å²) in [5.41, 5.74) is 1.42. The Morgan fingerprint density at radius 1 is 0.958 bits per heavy atom. The van der Waals surface area contributed by atoms with E-state index in [4.69, 9.17) is 9.47 Å².